The number of carboxylic acid groups (broad SMARTS) is 1. The summed E-state index contributed by atoms with van der Waals surface area (Å²) in [6, 6.07) is -0.702. The highest BCUT2D eigenvalue weighted by Gasteiger charge is 2.08. The van der Waals surface area contributed by atoms with Crippen LogP contribution in [0.5, 0.6) is 0 Å². The molecule has 1 radical (unpaired) electrons. The zero-order valence-corrected chi connectivity index (χ0v) is 5.34. The Labute approximate surface area is 54.9 Å². The van der Waals surface area contributed by atoms with Crippen LogP contribution in [0.15, 0.2) is 0 Å². The van der Waals surface area contributed by atoms with Crippen molar-refractivity contribution in [2.75, 3.05) is 0 Å². The molecule has 0 rings (SSSR count). The van der Waals surface area contributed by atoms with E-state index in [2.05, 4.69) is 6.92 Å². The summed E-state index contributed by atoms with van der Waals surface area (Å²) in [5.41, 5.74) is 5.18. The van der Waals surface area contributed by atoms with Crippen molar-refractivity contribution < 1.29 is 9.90 Å². The molecule has 0 heterocycles. The molecule has 0 aromatic carbocycles. The van der Waals surface area contributed by atoms with Gasteiger partial charge in [0.2, 0.25) is 0 Å². The van der Waals surface area contributed by atoms with Gasteiger partial charge in [0.05, 0.1) is 0 Å². The Morgan fingerprint density at radius 1 is 1.78 bits per heavy atom. The molecule has 0 aliphatic heterocycles. The fourth-order valence-electron chi connectivity index (χ4n) is 0.488. The molecule has 0 fully saturated rings. The molecule has 0 bridgehead atoms. The molecule has 9 heavy (non-hydrogen) atoms. The summed E-state index contributed by atoms with van der Waals surface area (Å²) in [6.07, 6.45) is 2.06. The molecule has 3 N–H and O–H groups in total. The van der Waals surface area contributed by atoms with Gasteiger partial charge >= 0.3 is 5.97 Å². The lowest BCUT2D eigenvalue weighted by Gasteiger charge is -2.02. The molecular formula is C6H12NO2. The van der Waals surface area contributed by atoms with Gasteiger partial charge in [0.1, 0.15) is 6.04 Å². The first-order valence-corrected chi connectivity index (χ1v) is 2.96. The monoisotopic (exact) mass is 130 g/mol. The fourth-order valence-corrected chi connectivity index (χ4v) is 0.488. The molecule has 0 aromatic heterocycles. The third-order valence-electron chi connectivity index (χ3n) is 1.08. The highest BCUT2D eigenvalue weighted by atomic mass is 16.4. The summed E-state index contributed by atoms with van der Waals surface area (Å²) >= 11 is 0. The van der Waals surface area contributed by atoms with Crippen molar-refractivity contribution >= 4 is 5.97 Å². The second-order valence-corrected chi connectivity index (χ2v) is 1.94. The summed E-state index contributed by atoms with van der Waals surface area (Å²) in [6.45, 7) is 3.57. The minimum Gasteiger partial charge on any atom is -0.480 e. The molecule has 0 saturated heterocycles. The van der Waals surface area contributed by atoms with Gasteiger partial charge in [0, 0.05) is 0 Å². The largest absolute Gasteiger partial charge is 0.480 e. The van der Waals surface area contributed by atoms with E-state index in [1.54, 1.807) is 0 Å². The van der Waals surface area contributed by atoms with Gasteiger partial charge < -0.3 is 10.8 Å². The van der Waals surface area contributed by atoms with Crippen LogP contribution in [-0.2, 0) is 4.79 Å². The van der Waals surface area contributed by atoms with Crippen molar-refractivity contribution in [3.8, 4) is 0 Å². The maximum atomic E-state index is 10.1. The lowest BCUT2D eigenvalue weighted by atomic mass is 10.1. The van der Waals surface area contributed by atoms with Crippen molar-refractivity contribution in [2.24, 2.45) is 5.73 Å². The van der Waals surface area contributed by atoms with Gasteiger partial charge in [-0.05, 0) is 6.42 Å². The molecule has 0 spiro atoms. The van der Waals surface area contributed by atoms with Crippen LogP contribution in [0.1, 0.15) is 19.3 Å². The number of nitrogens with two attached hydrogens (primary N) is 1. The average molecular weight is 130 g/mol. The van der Waals surface area contributed by atoms with Crippen LogP contribution in [0, 0.1) is 6.92 Å². The lowest BCUT2D eigenvalue weighted by molar-refractivity contribution is -0.138. The highest BCUT2D eigenvalue weighted by Crippen LogP contribution is 1.96. The van der Waals surface area contributed by atoms with Crippen LogP contribution in [0.4, 0.5) is 0 Å². The van der Waals surface area contributed by atoms with Gasteiger partial charge in [-0.1, -0.05) is 19.8 Å². The number of aliphatic carboxylic acids is 1. The molecular weight excluding hydrogens is 118 g/mol. The van der Waals surface area contributed by atoms with Crippen LogP contribution >= 0.6 is 0 Å². The Bertz CT molecular complexity index is 93.1. The highest BCUT2D eigenvalue weighted by molar-refractivity contribution is 5.72. The van der Waals surface area contributed by atoms with Crippen molar-refractivity contribution in [3.05, 3.63) is 6.92 Å². The maximum absolute atomic E-state index is 10.1. The zero-order chi connectivity index (χ0) is 7.28. The molecule has 0 unspecified atom stereocenters. The van der Waals surface area contributed by atoms with Gasteiger partial charge in [-0.25, -0.2) is 0 Å². The molecule has 3 heteroatoms. The number of hydrogen-bond donors (Lipinski definition) is 2. The van der Waals surface area contributed by atoms with Crippen LogP contribution in [0.2, 0.25) is 0 Å². The van der Waals surface area contributed by atoms with Crippen LogP contribution in [0.25, 0.3) is 0 Å². The molecule has 0 aliphatic carbocycles. The summed E-state index contributed by atoms with van der Waals surface area (Å²) in [5.74, 6) is -0.927. The first kappa shape index (κ1) is 8.43. The number of rotatable bonds is 4. The van der Waals surface area contributed by atoms with Crippen molar-refractivity contribution in [2.45, 2.75) is 25.3 Å². The van der Waals surface area contributed by atoms with Crippen molar-refractivity contribution in [1.82, 2.24) is 0 Å². The smallest absolute Gasteiger partial charge is 0.320 e. The Morgan fingerprint density at radius 2 is 2.33 bits per heavy atom. The third kappa shape index (κ3) is 3.97. The molecule has 0 aliphatic rings. The van der Waals surface area contributed by atoms with Crippen LogP contribution < -0.4 is 5.73 Å². The van der Waals surface area contributed by atoms with Gasteiger partial charge in [-0.15, -0.1) is 0 Å². The maximum Gasteiger partial charge on any atom is 0.320 e. The molecule has 0 amide bonds. The molecule has 0 aromatic rings. The second kappa shape index (κ2) is 4.32. The predicted molar refractivity (Wildman–Crippen MR) is 34.8 cm³/mol. The van der Waals surface area contributed by atoms with Crippen LogP contribution in [-0.4, -0.2) is 17.1 Å². The summed E-state index contributed by atoms with van der Waals surface area (Å²) in [4.78, 5) is 10.1. The first-order valence-electron chi connectivity index (χ1n) is 2.96. The van der Waals surface area contributed by atoms with E-state index in [4.69, 9.17) is 10.8 Å². The van der Waals surface area contributed by atoms with E-state index in [1.807, 2.05) is 0 Å². The number of unbranched alkanes of at least 4 members (excludes halogenated alkanes) is 1. The molecule has 53 valence electrons. The van der Waals surface area contributed by atoms with E-state index in [-0.39, 0.29) is 0 Å². The SMILES string of the molecule is [CH2]CCC[C@@H](N)C(=O)O. The molecule has 3 nitrogen and oxygen atoms in total. The standard InChI is InChI=1S/C6H12NO2/c1-2-3-4-5(7)6(8)9/h5H,1-4,7H2,(H,8,9)/t5-/m1/s1. The molecule has 0 saturated carbocycles. The van der Waals surface area contributed by atoms with Gasteiger partial charge in [-0.3, -0.25) is 4.79 Å². The quantitative estimate of drug-likeness (QED) is 0.579. The first-order chi connectivity index (χ1) is 4.18. The fraction of sp³-hybridized carbons (Fsp3) is 0.667. The summed E-state index contributed by atoms with van der Waals surface area (Å²) < 4.78 is 0. The minimum atomic E-state index is -0.927. The Kier molecular flexibility index (Phi) is 4.05. The van der Waals surface area contributed by atoms with Gasteiger partial charge in [0.15, 0.2) is 0 Å². The Hall–Kier alpha value is -0.570. The van der Waals surface area contributed by atoms with E-state index >= 15 is 0 Å². The number of carboxylic acids is 1. The van der Waals surface area contributed by atoms with E-state index in [0.29, 0.717) is 6.42 Å². The van der Waals surface area contributed by atoms with Gasteiger partial charge in [-0.2, -0.15) is 0 Å². The van der Waals surface area contributed by atoms with E-state index in [1.165, 1.54) is 0 Å². The molecule has 1 atom stereocenters. The number of carbonyl (C=O) groups is 1. The zero-order valence-electron chi connectivity index (χ0n) is 5.34. The van der Waals surface area contributed by atoms with Crippen molar-refractivity contribution in [3.63, 3.8) is 0 Å². The van der Waals surface area contributed by atoms with Gasteiger partial charge in [0.25, 0.3) is 0 Å². The van der Waals surface area contributed by atoms with E-state index in [0.717, 1.165) is 12.8 Å². The van der Waals surface area contributed by atoms with E-state index < -0.39 is 12.0 Å². The summed E-state index contributed by atoms with van der Waals surface area (Å²) in [7, 11) is 0. The third-order valence-corrected chi connectivity index (χ3v) is 1.08. The van der Waals surface area contributed by atoms with Crippen molar-refractivity contribution in [1.29, 1.82) is 0 Å². The summed E-state index contributed by atoms with van der Waals surface area (Å²) in [5, 5.41) is 8.26. The van der Waals surface area contributed by atoms with E-state index in [9.17, 15) is 4.79 Å². The topological polar surface area (TPSA) is 63.3 Å². The lowest BCUT2D eigenvalue weighted by Crippen LogP contribution is -2.29. The minimum absolute atomic E-state index is 0.527. The Balaban J connectivity index is 3.27. The average Bonchev–Trinajstić information content (AvgIpc) is 1.82. The predicted octanol–water partition coefficient (Wildman–Crippen LogP) is 0.403. The second-order valence-electron chi connectivity index (χ2n) is 1.94. The normalized spacial score (nSPS) is 13.1. The van der Waals surface area contributed by atoms with Crippen LogP contribution in [0.3, 0.4) is 0 Å². The number of hydrogen-bond acceptors (Lipinski definition) is 2. The Morgan fingerprint density at radius 3 is 2.67 bits per heavy atom.